The molecule has 0 aliphatic heterocycles. The molecule has 0 fully saturated rings. The molecule has 2 N–H and O–H groups in total. The maximum atomic E-state index is 11.9. The van der Waals surface area contributed by atoms with Gasteiger partial charge in [0.15, 0.2) is 0 Å². The first-order chi connectivity index (χ1) is 8.38. The molecule has 0 saturated carbocycles. The maximum Gasteiger partial charge on any atom is 0.342 e. The lowest BCUT2D eigenvalue weighted by atomic mass is 10.1. The molecule has 5 heteroatoms. The van der Waals surface area contributed by atoms with Crippen molar-refractivity contribution in [1.29, 1.82) is 0 Å². The highest BCUT2D eigenvalue weighted by Gasteiger charge is 2.21. The molecule has 0 aliphatic rings. The smallest absolute Gasteiger partial charge is 0.342 e. The van der Waals surface area contributed by atoms with Gasteiger partial charge in [0.25, 0.3) is 0 Å². The van der Waals surface area contributed by atoms with E-state index in [2.05, 4.69) is 6.58 Å². The van der Waals surface area contributed by atoms with Gasteiger partial charge < -0.3 is 14.9 Å². The molecule has 0 radical (unpaired) electrons. The topological polar surface area (TPSA) is 66.8 Å². The lowest BCUT2D eigenvalue weighted by molar-refractivity contribution is 0.0344. The summed E-state index contributed by atoms with van der Waals surface area (Å²) >= 11 is 5.81. The number of aromatic hydroxyl groups is 2. The molecule has 0 aromatic heterocycles. The van der Waals surface area contributed by atoms with Crippen LogP contribution in [0.2, 0.25) is 5.02 Å². The first-order valence-corrected chi connectivity index (χ1v) is 5.79. The number of halogens is 1. The van der Waals surface area contributed by atoms with E-state index >= 15 is 0 Å². The molecule has 18 heavy (non-hydrogen) atoms. The molecule has 1 rings (SSSR count). The van der Waals surface area contributed by atoms with Gasteiger partial charge in [0.1, 0.15) is 23.2 Å². The fourth-order valence-corrected chi connectivity index (χ4v) is 1.69. The van der Waals surface area contributed by atoms with E-state index in [1.54, 1.807) is 13.0 Å². The SMILES string of the molecule is C=CC[C@@H](C)OC(=O)c1c(O)cc(O)c(Cl)c1C. The number of hydrogen-bond acceptors (Lipinski definition) is 4. The number of phenols is 2. The molecular formula is C13H15ClO4. The molecular weight excluding hydrogens is 256 g/mol. The Balaban J connectivity index is 3.06. The van der Waals surface area contributed by atoms with Gasteiger partial charge in [-0.1, -0.05) is 17.7 Å². The highest BCUT2D eigenvalue weighted by atomic mass is 35.5. The minimum absolute atomic E-state index is 0.0242. The summed E-state index contributed by atoms with van der Waals surface area (Å²) in [6.07, 6.45) is 1.80. The van der Waals surface area contributed by atoms with Crippen molar-refractivity contribution in [2.45, 2.75) is 26.4 Å². The first kappa shape index (κ1) is 14.4. The van der Waals surface area contributed by atoms with E-state index in [4.69, 9.17) is 16.3 Å². The van der Waals surface area contributed by atoms with Gasteiger partial charge in [-0.25, -0.2) is 4.79 Å². The molecule has 1 atom stereocenters. The van der Waals surface area contributed by atoms with Crippen molar-refractivity contribution >= 4 is 17.6 Å². The molecule has 0 amide bonds. The van der Waals surface area contributed by atoms with Crippen LogP contribution in [0, 0.1) is 6.92 Å². The third kappa shape index (κ3) is 2.96. The third-order valence-corrected chi connectivity index (χ3v) is 2.95. The highest BCUT2D eigenvalue weighted by molar-refractivity contribution is 6.33. The summed E-state index contributed by atoms with van der Waals surface area (Å²) in [7, 11) is 0. The lowest BCUT2D eigenvalue weighted by Crippen LogP contribution is -2.15. The Morgan fingerprint density at radius 2 is 2.17 bits per heavy atom. The molecule has 0 bridgehead atoms. The van der Waals surface area contributed by atoms with Crippen LogP contribution in [0.1, 0.15) is 29.3 Å². The predicted octanol–water partition coefficient (Wildman–Crippen LogP) is 3.18. The zero-order valence-electron chi connectivity index (χ0n) is 10.2. The molecule has 0 heterocycles. The van der Waals surface area contributed by atoms with Gasteiger partial charge in [0.2, 0.25) is 0 Å². The highest BCUT2D eigenvalue weighted by Crippen LogP contribution is 2.35. The van der Waals surface area contributed by atoms with Crippen molar-refractivity contribution < 1.29 is 19.7 Å². The summed E-state index contributed by atoms with van der Waals surface area (Å²) in [5.41, 5.74) is 0.249. The van der Waals surface area contributed by atoms with Crippen LogP contribution >= 0.6 is 11.6 Å². The number of hydrogen-bond donors (Lipinski definition) is 2. The Kier molecular flexibility index (Phi) is 4.62. The molecule has 0 unspecified atom stereocenters. The average molecular weight is 271 g/mol. The van der Waals surface area contributed by atoms with Crippen molar-refractivity contribution in [2.75, 3.05) is 0 Å². The number of carbonyl (C=O) groups excluding carboxylic acids is 1. The number of esters is 1. The fourth-order valence-electron chi connectivity index (χ4n) is 1.54. The van der Waals surface area contributed by atoms with Gasteiger partial charge in [-0.3, -0.25) is 0 Å². The molecule has 0 aliphatic carbocycles. The number of rotatable bonds is 4. The monoisotopic (exact) mass is 270 g/mol. The Bertz CT molecular complexity index is 482. The summed E-state index contributed by atoms with van der Waals surface area (Å²) in [6, 6.07) is 1.02. The summed E-state index contributed by atoms with van der Waals surface area (Å²) < 4.78 is 5.12. The molecule has 1 aromatic rings. The molecule has 1 aromatic carbocycles. The minimum atomic E-state index is -0.679. The van der Waals surface area contributed by atoms with Crippen LogP contribution in [0.4, 0.5) is 0 Å². The lowest BCUT2D eigenvalue weighted by Gasteiger charge is -2.14. The van der Waals surface area contributed by atoms with Gasteiger partial charge in [-0.05, 0) is 19.4 Å². The average Bonchev–Trinajstić information content (AvgIpc) is 2.26. The Hall–Kier alpha value is -1.68. The second kappa shape index (κ2) is 5.78. The Morgan fingerprint density at radius 1 is 1.56 bits per heavy atom. The first-order valence-electron chi connectivity index (χ1n) is 5.41. The van der Waals surface area contributed by atoms with E-state index in [9.17, 15) is 15.0 Å². The van der Waals surface area contributed by atoms with Crippen LogP contribution in [0.3, 0.4) is 0 Å². The van der Waals surface area contributed by atoms with Gasteiger partial charge in [-0.15, -0.1) is 6.58 Å². The zero-order valence-corrected chi connectivity index (χ0v) is 11.0. The van der Waals surface area contributed by atoms with Crippen LogP contribution in [0.5, 0.6) is 11.5 Å². The van der Waals surface area contributed by atoms with E-state index < -0.39 is 5.97 Å². The van der Waals surface area contributed by atoms with Crippen molar-refractivity contribution in [3.8, 4) is 11.5 Å². The van der Waals surface area contributed by atoms with Crippen molar-refractivity contribution in [2.24, 2.45) is 0 Å². The predicted molar refractivity (Wildman–Crippen MR) is 69.2 cm³/mol. The van der Waals surface area contributed by atoms with Crippen LogP contribution < -0.4 is 0 Å². The standard InChI is InChI=1S/C13H15ClO4/c1-4-5-7(2)18-13(17)11-8(3)12(14)10(16)6-9(11)15/h4,6-7,15-16H,1,5H2,2-3H3/t7-/m1/s1. The third-order valence-electron chi connectivity index (χ3n) is 2.47. The molecule has 98 valence electrons. The van der Waals surface area contributed by atoms with E-state index in [-0.39, 0.29) is 33.8 Å². The normalized spacial score (nSPS) is 11.9. The van der Waals surface area contributed by atoms with Gasteiger partial charge in [-0.2, -0.15) is 0 Å². The number of ether oxygens (including phenoxy) is 1. The van der Waals surface area contributed by atoms with Gasteiger partial charge in [0, 0.05) is 12.5 Å². The van der Waals surface area contributed by atoms with Crippen LogP contribution in [-0.2, 0) is 4.74 Å². The van der Waals surface area contributed by atoms with E-state index in [0.717, 1.165) is 6.07 Å². The Morgan fingerprint density at radius 3 is 2.72 bits per heavy atom. The van der Waals surface area contributed by atoms with Crippen molar-refractivity contribution in [3.63, 3.8) is 0 Å². The van der Waals surface area contributed by atoms with Gasteiger partial charge in [0.05, 0.1) is 5.02 Å². The quantitative estimate of drug-likeness (QED) is 0.651. The van der Waals surface area contributed by atoms with Crippen molar-refractivity contribution in [3.05, 3.63) is 34.9 Å². The van der Waals surface area contributed by atoms with E-state index in [1.807, 2.05) is 0 Å². The zero-order chi connectivity index (χ0) is 13.9. The molecule has 0 spiro atoms. The summed E-state index contributed by atoms with van der Waals surface area (Å²) in [5, 5.41) is 19.1. The van der Waals surface area contributed by atoms with Crippen LogP contribution in [-0.4, -0.2) is 22.3 Å². The van der Waals surface area contributed by atoms with E-state index in [1.165, 1.54) is 6.92 Å². The summed E-state index contributed by atoms with van der Waals surface area (Å²) in [6.45, 7) is 6.79. The maximum absolute atomic E-state index is 11.9. The molecule has 4 nitrogen and oxygen atoms in total. The number of carbonyl (C=O) groups is 1. The fraction of sp³-hybridized carbons (Fsp3) is 0.308. The minimum Gasteiger partial charge on any atom is -0.507 e. The second-order valence-corrected chi connectivity index (χ2v) is 4.35. The summed E-state index contributed by atoms with van der Waals surface area (Å²) in [4.78, 5) is 11.9. The number of benzene rings is 1. The summed E-state index contributed by atoms with van der Waals surface area (Å²) in [5.74, 6) is -1.31. The largest absolute Gasteiger partial charge is 0.507 e. The van der Waals surface area contributed by atoms with E-state index in [0.29, 0.717) is 6.42 Å². The molecule has 0 saturated heterocycles. The Labute approximate surface area is 110 Å². The number of phenolic OH excluding ortho intramolecular Hbond substituents is 2. The van der Waals surface area contributed by atoms with Crippen LogP contribution in [0.15, 0.2) is 18.7 Å². The van der Waals surface area contributed by atoms with Crippen LogP contribution in [0.25, 0.3) is 0 Å². The second-order valence-electron chi connectivity index (χ2n) is 3.97. The van der Waals surface area contributed by atoms with Crippen molar-refractivity contribution in [1.82, 2.24) is 0 Å². The van der Waals surface area contributed by atoms with Gasteiger partial charge >= 0.3 is 5.97 Å².